The van der Waals surface area contributed by atoms with Gasteiger partial charge in [0.05, 0.1) is 11.9 Å². The Bertz CT molecular complexity index is 841. The van der Waals surface area contributed by atoms with Crippen molar-refractivity contribution in [1.29, 1.82) is 0 Å². The summed E-state index contributed by atoms with van der Waals surface area (Å²) in [6.45, 7) is 2.67. The average molecular weight is 367 g/mol. The van der Waals surface area contributed by atoms with Gasteiger partial charge >= 0.3 is 0 Å². The quantitative estimate of drug-likeness (QED) is 0.595. The van der Waals surface area contributed by atoms with Gasteiger partial charge in [-0.15, -0.1) is 0 Å². The number of carbonyl (C=O) groups is 1. The first-order valence-corrected chi connectivity index (χ1v) is 9.41. The first-order chi connectivity index (χ1) is 13.2. The lowest BCUT2D eigenvalue weighted by molar-refractivity contribution is -0.121. The van der Waals surface area contributed by atoms with E-state index in [1.54, 1.807) is 0 Å². The van der Waals surface area contributed by atoms with E-state index < -0.39 is 0 Å². The van der Waals surface area contributed by atoms with Crippen LogP contribution in [0, 0.1) is 0 Å². The van der Waals surface area contributed by atoms with Crippen molar-refractivity contribution in [1.82, 2.24) is 25.2 Å². The largest absolute Gasteiger partial charge is 0.356 e. The minimum Gasteiger partial charge on any atom is -0.356 e. The third kappa shape index (κ3) is 5.77. The van der Waals surface area contributed by atoms with Crippen molar-refractivity contribution in [3.8, 4) is 5.69 Å². The van der Waals surface area contributed by atoms with Crippen LogP contribution in [0.3, 0.4) is 0 Å². The van der Waals surface area contributed by atoms with E-state index in [-0.39, 0.29) is 5.91 Å². The summed E-state index contributed by atoms with van der Waals surface area (Å²) in [5.41, 5.74) is 2.12. The Kier molecular flexibility index (Phi) is 6.73. The number of rotatable bonds is 10. The molecule has 0 radical (unpaired) electrons. The average Bonchev–Trinajstić information content (AvgIpc) is 3.33. The number of aromatic nitrogens is 4. The van der Waals surface area contributed by atoms with Gasteiger partial charge in [0.15, 0.2) is 5.82 Å². The summed E-state index contributed by atoms with van der Waals surface area (Å²) >= 11 is 0. The Morgan fingerprint density at radius 3 is 2.85 bits per heavy atom. The number of amides is 1. The highest BCUT2D eigenvalue weighted by molar-refractivity contribution is 5.75. The number of hydrogen-bond donors (Lipinski definition) is 1. The minimum absolute atomic E-state index is 0.0405. The molecule has 2 heterocycles. The fraction of sp³-hybridized carbons (Fsp3) is 0.400. The number of aryl methyl sites for hydroxylation is 2. The van der Waals surface area contributed by atoms with Gasteiger partial charge in [0, 0.05) is 32.0 Å². The summed E-state index contributed by atoms with van der Waals surface area (Å²) in [6.07, 6.45) is 8.18. The summed E-state index contributed by atoms with van der Waals surface area (Å²) in [5, 5.41) is 11.2. The van der Waals surface area contributed by atoms with E-state index in [9.17, 15) is 4.79 Å². The first kappa shape index (κ1) is 18.8. The number of carbonyl (C=O) groups excluding carboxylic acids is 1. The van der Waals surface area contributed by atoms with Crippen molar-refractivity contribution in [3.05, 3.63) is 60.0 Å². The maximum Gasteiger partial charge on any atom is 0.226 e. The van der Waals surface area contributed by atoms with E-state index >= 15 is 0 Å². The standard InChI is InChI=1S/C20H25N5O2/c1-2-7-18-23-20(27-24-18)11-6-10-19(26)21-13-12-16-14-22-25(15-16)17-8-4-3-5-9-17/h3-5,8-9,14-15H,2,6-7,10-13H2,1H3,(H,21,26). The third-order valence-electron chi connectivity index (χ3n) is 4.17. The van der Waals surface area contributed by atoms with E-state index in [0.717, 1.165) is 36.3 Å². The molecular formula is C20H25N5O2. The molecule has 0 unspecified atom stereocenters. The molecular weight excluding hydrogens is 342 g/mol. The summed E-state index contributed by atoms with van der Waals surface area (Å²) in [5.74, 6) is 1.39. The summed E-state index contributed by atoms with van der Waals surface area (Å²) in [6, 6.07) is 9.96. The zero-order valence-electron chi connectivity index (χ0n) is 15.6. The molecule has 0 aliphatic heterocycles. The monoisotopic (exact) mass is 367 g/mol. The van der Waals surface area contributed by atoms with Gasteiger partial charge in [-0.3, -0.25) is 4.79 Å². The van der Waals surface area contributed by atoms with Crippen LogP contribution in [0.1, 0.15) is 43.5 Å². The van der Waals surface area contributed by atoms with Gasteiger partial charge in [0.25, 0.3) is 0 Å². The van der Waals surface area contributed by atoms with Crippen LogP contribution >= 0.6 is 0 Å². The van der Waals surface area contributed by atoms with Crippen LogP contribution in [0.25, 0.3) is 5.69 Å². The lowest BCUT2D eigenvalue weighted by Gasteiger charge is -2.03. The van der Waals surface area contributed by atoms with Crippen molar-refractivity contribution in [2.45, 2.75) is 45.4 Å². The van der Waals surface area contributed by atoms with Gasteiger partial charge in [0.1, 0.15) is 0 Å². The normalized spacial score (nSPS) is 10.9. The molecule has 7 nitrogen and oxygen atoms in total. The smallest absolute Gasteiger partial charge is 0.226 e. The van der Waals surface area contributed by atoms with E-state index in [1.165, 1.54) is 0 Å². The lowest BCUT2D eigenvalue weighted by Crippen LogP contribution is -2.25. The topological polar surface area (TPSA) is 85.8 Å². The van der Waals surface area contributed by atoms with Crippen molar-refractivity contribution in [2.75, 3.05) is 6.54 Å². The first-order valence-electron chi connectivity index (χ1n) is 9.41. The van der Waals surface area contributed by atoms with Gasteiger partial charge in [-0.25, -0.2) is 4.68 Å². The predicted molar refractivity (Wildman–Crippen MR) is 102 cm³/mol. The second-order valence-corrected chi connectivity index (χ2v) is 6.44. The molecule has 3 aromatic rings. The van der Waals surface area contributed by atoms with Crippen LogP contribution in [0.5, 0.6) is 0 Å². The van der Waals surface area contributed by atoms with Crippen molar-refractivity contribution in [3.63, 3.8) is 0 Å². The Morgan fingerprint density at radius 2 is 2.04 bits per heavy atom. The van der Waals surface area contributed by atoms with Crippen LogP contribution in [0.2, 0.25) is 0 Å². The third-order valence-corrected chi connectivity index (χ3v) is 4.17. The van der Waals surface area contributed by atoms with Crippen LogP contribution in [-0.2, 0) is 24.1 Å². The predicted octanol–water partition coefficient (Wildman–Crippen LogP) is 2.89. The molecule has 0 spiro atoms. The van der Waals surface area contributed by atoms with Gasteiger partial charge in [-0.1, -0.05) is 30.3 Å². The Labute approximate surface area is 158 Å². The highest BCUT2D eigenvalue weighted by atomic mass is 16.5. The Hall–Kier alpha value is -2.96. The molecule has 1 amide bonds. The van der Waals surface area contributed by atoms with Crippen molar-refractivity contribution < 1.29 is 9.32 Å². The molecule has 1 aromatic carbocycles. The van der Waals surface area contributed by atoms with Crippen LogP contribution in [0.4, 0.5) is 0 Å². The highest BCUT2D eigenvalue weighted by Gasteiger charge is 2.08. The minimum atomic E-state index is 0.0405. The van der Waals surface area contributed by atoms with Gasteiger partial charge in [0.2, 0.25) is 11.8 Å². The van der Waals surface area contributed by atoms with Crippen LogP contribution in [0.15, 0.2) is 47.2 Å². The molecule has 0 fully saturated rings. The SMILES string of the molecule is CCCc1noc(CCCC(=O)NCCc2cnn(-c3ccccc3)c2)n1. The number of nitrogens with zero attached hydrogens (tertiary/aromatic N) is 4. The molecule has 27 heavy (non-hydrogen) atoms. The van der Waals surface area contributed by atoms with Crippen molar-refractivity contribution >= 4 is 5.91 Å². The van der Waals surface area contributed by atoms with E-state index in [4.69, 9.17) is 4.52 Å². The number of nitrogens with one attached hydrogen (secondary N) is 1. The second-order valence-electron chi connectivity index (χ2n) is 6.44. The molecule has 0 aliphatic carbocycles. The summed E-state index contributed by atoms with van der Waals surface area (Å²) in [4.78, 5) is 16.3. The molecule has 0 aliphatic rings. The molecule has 0 bridgehead atoms. The van der Waals surface area contributed by atoms with E-state index in [0.29, 0.717) is 31.7 Å². The van der Waals surface area contributed by atoms with Crippen molar-refractivity contribution in [2.24, 2.45) is 0 Å². The maximum atomic E-state index is 12.0. The fourth-order valence-electron chi connectivity index (χ4n) is 2.76. The second kappa shape index (κ2) is 9.66. The molecule has 7 heteroatoms. The Balaban J connectivity index is 1.34. The molecule has 142 valence electrons. The number of para-hydroxylation sites is 1. The lowest BCUT2D eigenvalue weighted by atomic mass is 10.2. The molecule has 0 saturated heterocycles. The van der Waals surface area contributed by atoms with Crippen LogP contribution < -0.4 is 5.32 Å². The maximum absolute atomic E-state index is 12.0. The molecule has 1 N–H and O–H groups in total. The summed E-state index contributed by atoms with van der Waals surface area (Å²) in [7, 11) is 0. The van der Waals surface area contributed by atoms with E-state index in [1.807, 2.05) is 47.4 Å². The van der Waals surface area contributed by atoms with Gasteiger partial charge in [-0.05, 0) is 37.0 Å². The fourth-order valence-corrected chi connectivity index (χ4v) is 2.76. The Morgan fingerprint density at radius 1 is 1.19 bits per heavy atom. The highest BCUT2D eigenvalue weighted by Crippen LogP contribution is 2.08. The zero-order chi connectivity index (χ0) is 18.9. The number of hydrogen-bond acceptors (Lipinski definition) is 5. The summed E-state index contributed by atoms with van der Waals surface area (Å²) < 4.78 is 7.02. The molecule has 3 rings (SSSR count). The van der Waals surface area contributed by atoms with Gasteiger partial charge in [-0.2, -0.15) is 10.1 Å². The van der Waals surface area contributed by atoms with Gasteiger partial charge < -0.3 is 9.84 Å². The van der Waals surface area contributed by atoms with E-state index in [2.05, 4.69) is 27.5 Å². The molecule has 2 aromatic heterocycles. The van der Waals surface area contributed by atoms with Crippen LogP contribution in [-0.4, -0.2) is 32.4 Å². The zero-order valence-corrected chi connectivity index (χ0v) is 15.6. The number of benzene rings is 1. The molecule has 0 atom stereocenters. The molecule has 0 saturated carbocycles.